The van der Waals surface area contributed by atoms with Crippen molar-refractivity contribution in [1.82, 2.24) is 0 Å². The zero-order valence-corrected chi connectivity index (χ0v) is 37.2. The molecule has 3 heteroatoms. The molecule has 0 N–H and O–H groups in total. The van der Waals surface area contributed by atoms with Crippen molar-refractivity contribution in [2.75, 3.05) is 6.61 Å². The highest BCUT2D eigenvalue weighted by atomic mass is 16.5. The second kappa shape index (κ2) is 33.0. The van der Waals surface area contributed by atoms with Gasteiger partial charge in [-0.3, -0.25) is 0 Å². The van der Waals surface area contributed by atoms with Crippen LogP contribution >= 0.6 is 0 Å². The third-order valence-electron chi connectivity index (χ3n) is 11.9. The Morgan fingerprint density at radius 1 is 0.439 bits per heavy atom. The van der Waals surface area contributed by atoms with E-state index in [0.29, 0.717) is 11.3 Å². The third-order valence-corrected chi connectivity index (χ3v) is 11.9. The number of rotatable bonds is 36. The van der Waals surface area contributed by atoms with Gasteiger partial charge in [0, 0.05) is 6.61 Å². The normalized spacial score (nSPS) is 11.9. The van der Waals surface area contributed by atoms with Crippen molar-refractivity contribution in [3.8, 4) is 16.9 Å². The van der Waals surface area contributed by atoms with Gasteiger partial charge in [0.1, 0.15) is 5.75 Å². The first-order chi connectivity index (χ1) is 28.1. The molecule has 1 atom stereocenters. The molecule has 0 saturated carbocycles. The fourth-order valence-corrected chi connectivity index (χ4v) is 7.99. The third kappa shape index (κ3) is 23.3. The van der Waals surface area contributed by atoms with Crippen LogP contribution < -0.4 is 4.74 Å². The van der Waals surface area contributed by atoms with Crippen molar-refractivity contribution in [1.29, 1.82) is 0 Å². The minimum atomic E-state index is -0.312. The molecule has 0 spiro atoms. The van der Waals surface area contributed by atoms with E-state index in [2.05, 4.69) is 57.2 Å². The summed E-state index contributed by atoms with van der Waals surface area (Å²) >= 11 is 0. The molecule has 0 heterocycles. The monoisotopic (exact) mass is 781 g/mol. The van der Waals surface area contributed by atoms with E-state index in [-0.39, 0.29) is 12.1 Å². The van der Waals surface area contributed by atoms with Gasteiger partial charge in [-0.2, -0.15) is 0 Å². The lowest BCUT2D eigenvalue weighted by Gasteiger charge is -2.14. The highest BCUT2D eigenvalue weighted by Crippen LogP contribution is 2.26. The molecular weight excluding hydrogens is 697 g/mol. The summed E-state index contributed by atoms with van der Waals surface area (Å²) in [6, 6.07) is 24.4. The van der Waals surface area contributed by atoms with Gasteiger partial charge in [0.2, 0.25) is 0 Å². The van der Waals surface area contributed by atoms with E-state index >= 15 is 0 Å². The van der Waals surface area contributed by atoms with Crippen molar-refractivity contribution in [3.63, 3.8) is 0 Å². The fraction of sp³-hybridized carbons (Fsp3) is 0.648. The van der Waals surface area contributed by atoms with Crippen molar-refractivity contribution >= 4 is 5.97 Å². The number of benzene rings is 3. The van der Waals surface area contributed by atoms with Crippen LogP contribution in [0.25, 0.3) is 11.1 Å². The largest absolute Gasteiger partial charge is 0.423 e. The smallest absolute Gasteiger partial charge is 0.343 e. The van der Waals surface area contributed by atoms with E-state index in [0.717, 1.165) is 30.6 Å². The van der Waals surface area contributed by atoms with Crippen LogP contribution in [0.15, 0.2) is 72.8 Å². The summed E-state index contributed by atoms with van der Waals surface area (Å²) in [4.78, 5) is 12.9. The first-order valence-electron chi connectivity index (χ1n) is 24.2. The highest BCUT2D eigenvalue weighted by Gasteiger charge is 2.10. The van der Waals surface area contributed by atoms with Crippen LogP contribution in [-0.4, -0.2) is 12.6 Å². The first-order valence-corrected chi connectivity index (χ1v) is 24.2. The molecule has 0 fully saturated rings. The fourth-order valence-electron chi connectivity index (χ4n) is 7.99. The Kier molecular flexibility index (Phi) is 28.0. The molecule has 0 aromatic heterocycles. The zero-order chi connectivity index (χ0) is 40.4. The molecule has 3 aromatic carbocycles. The summed E-state index contributed by atoms with van der Waals surface area (Å²) in [5, 5.41) is 0. The van der Waals surface area contributed by atoms with E-state index in [4.69, 9.17) is 9.47 Å². The van der Waals surface area contributed by atoms with Crippen LogP contribution in [0.1, 0.15) is 235 Å². The SMILES string of the molecule is CCCCCCCCCCCCCCCCCCOC(C)c1ccc(-c2ccc(OC(=O)c3ccc(CCCCCCCCCCCCCCC)cc3)cc2)cc1. The van der Waals surface area contributed by atoms with Gasteiger partial charge in [-0.1, -0.05) is 236 Å². The number of esters is 1. The molecule has 3 aromatic rings. The summed E-state index contributed by atoms with van der Waals surface area (Å²) in [5.74, 6) is 0.251. The molecule has 0 aliphatic carbocycles. The number of unbranched alkanes of at least 4 members (excludes halogenated alkanes) is 27. The molecule has 3 rings (SSSR count). The first kappa shape index (κ1) is 48.5. The summed E-state index contributed by atoms with van der Waals surface area (Å²) in [7, 11) is 0. The minimum Gasteiger partial charge on any atom is -0.423 e. The number of hydrogen-bond acceptors (Lipinski definition) is 3. The Labute approximate surface area is 351 Å². The summed E-state index contributed by atoms with van der Waals surface area (Å²) in [6.07, 6.45) is 41.2. The molecule has 0 saturated heterocycles. The van der Waals surface area contributed by atoms with Crippen LogP contribution in [0.3, 0.4) is 0 Å². The standard InChI is InChI=1S/C54H84O3/c1-4-6-8-10-12-14-16-18-19-20-22-24-26-28-30-32-46-56-47(3)49-38-40-50(41-39-49)51-42-44-53(45-43-51)57-54(55)52-36-34-48(35-37-52)33-31-29-27-25-23-21-17-15-13-11-9-7-5-2/h34-45,47H,4-33,46H2,1-3H3. The van der Waals surface area contributed by atoms with E-state index in [1.165, 1.54) is 191 Å². The van der Waals surface area contributed by atoms with Crippen LogP contribution in [0, 0.1) is 0 Å². The van der Waals surface area contributed by atoms with Gasteiger partial charge < -0.3 is 9.47 Å². The molecule has 318 valence electrons. The predicted octanol–water partition coefficient (Wildman–Crippen LogP) is 17.5. The average molecular weight is 781 g/mol. The number of carbonyl (C=O) groups excluding carboxylic acids is 1. The van der Waals surface area contributed by atoms with Crippen molar-refractivity contribution < 1.29 is 14.3 Å². The summed E-state index contributed by atoms with van der Waals surface area (Å²) < 4.78 is 11.9. The summed E-state index contributed by atoms with van der Waals surface area (Å²) in [5.41, 5.74) is 5.33. The van der Waals surface area contributed by atoms with Gasteiger partial charge in [0.05, 0.1) is 11.7 Å². The molecule has 3 nitrogen and oxygen atoms in total. The maximum Gasteiger partial charge on any atom is 0.343 e. The van der Waals surface area contributed by atoms with Crippen molar-refractivity contribution in [3.05, 3.63) is 89.5 Å². The second-order valence-electron chi connectivity index (χ2n) is 17.0. The van der Waals surface area contributed by atoms with Crippen LogP contribution in [0.2, 0.25) is 0 Å². The highest BCUT2D eigenvalue weighted by molar-refractivity contribution is 5.91. The molecule has 0 aliphatic rings. The molecular formula is C54H84O3. The van der Waals surface area contributed by atoms with Crippen LogP contribution in [0.4, 0.5) is 0 Å². The number of aryl methyl sites for hydroxylation is 1. The van der Waals surface area contributed by atoms with Gasteiger partial charge in [-0.25, -0.2) is 4.79 Å². The number of hydrogen-bond donors (Lipinski definition) is 0. The van der Waals surface area contributed by atoms with Crippen molar-refractivity contribution in [2.24, 2.45) is 0 Å². The van der Waals surface area contributed by atoms with Crippen LogP contribution in [0.5, 0.6) is 5.75 Å². The van der Waals surface area contributed by atoms with Crippen LogP contribution in [-0.2, 0) is 11.2 Å². The lowest BCUT2D eigenvalue weighted by molar-refractivity contribution is 0.0627. The quantitative estimate of drug-likeness (QED) is 0.0335. The Hall–Kier alpha value is -2.91. The lowest BCUT2D eigenvalue weighted by atomic mass is 10.0. The second-order valence-corrected chi connectivity index (χ2v) is 17.0. The van der Waals surface area contributed by atoms with Gasteiger partial charge >= 0.3 is 5.97 Å². The number of ether oxygens (including phenoxy) is 2. The van der Waals surface area contributed by atoms with Gasteiger partial charge in [-0.05, 0) is 72.7 Å². The van der Waals surface area contributed by atoms with E-state index in [1.807, 2.05) is 36.4 Å². The summed E-state index contributed by atoms with van der Waals surface area (Å²) in [6.45, 7) is 7.55. The van der Waals surface area contributed by atoms with Gasteiger partial charge in [0.15, 0.2) is 0 Å². The van der Waals surface area contributed by atoms with E-state index < -0.39 is 0 Å². The molecule has 1 unspecified atom stereocenters. The number of carbonyl (C=O) groups is 1. The van der Waals surface area contributed by atoms with Crippen molar-refractivity contribution in [2.45, 2.75) is 219 Å². The Morgan fingerprint density at radius 2 is 0.807 bits per heavy atom. The maximum absolute atomic E-state index is 12.9. The van der Waals surface area contributed by atoms with Gasteiger partial charge in [0.25, 0.3) is 0 Å². The van der Waals surface area contributed by atoms with E-state index in [1.54, 1.807) is 0 Å². The molecule has 0 radical (unpaired) electrons. The molecule has 0 aliphatic heterocycles. The predicted molar refractivity (Wildman–Crippen MR) is 247 cm³/mol. The Bertz CT molecular complexity index is 1360. The molecule has 57 heavy (non-hydrogen) atoms. The zero-order valence-electron chi connectivity index (χ0n) is 37.2. The topological polar surface area (TPSA) is 35.5 Å². The molecule has 0 bridgehead atoms. The Morgan fingerprint density at radius 3 is 1.23 bits per heavy atom. The van der Waals surface area contributed by atoms with E-state index in [9.17, 15) is 4.79 Å². The minimum absolute atomic E-state index is 0.0884. The molecule has 0 amide bonds. The van der Waals surface area contributed by atoms with Gasteiger partial charge in [-0.15, -0.1) is 0 Å². The maximum atomic E-state index is 12.9. The lowest BCUT2D eigenvalue weighted by Crippen LogP contribution is -2.08. The average Bonchev–Trinajstić information content (AvgIpc) is 3.24. The Balaban J connectivity index is 1.20.